The highest BCUT2D eigenvalue weighted by Crippen LogP contribution is 2.21. The molecular formula is C18H28IN3O2S. The molecule has 1 N–H and O–H groups in total. The van der Waals surface area contributed by atoms with Gasteiger partial charge in [-0.25, -0.2) is 4.79 Å². The lowest BCUT2D eigenvalue weighted by molar-refractivity contribution is 0.0526. The third-order valence-corrected chi connectivity index (χ3v) is 5.39. The van der Waals surface area contributed by atoms with E-state index in [9.17, 15) is 4.79 Å². The van der Waals surface area contributed by atoms with Gasteiger partial charge in [-0.1, -0.05) is 19.1 Å². The molecule has 0 aliphatic carbocycles. The van der Waals surface area contributed by atoms with E-state index in [2.05, 4.69) is 22.1 Å². The fourth-order valence-corrected chi connectivity index (χ4v) is 3.83. The molecule has 5 nitrogen and oxygen atoms in total. The molecule has 140 valence electrons. The van der Waals surface area contributed by atoms with Crippen LogP contribution in [0, 0.1) is 0 Å². The quantitative estimate of drug-likeness (QED) is 0.305. The van der Waals surface area contributed by atoms with Gasteiger partial charge in [-0.2, -0.15) is 11.8 Å². The van der Waals surface area contributed by atoms with Gasteiger partial charge in [-0.05, 0) is 31.0 Å². The number of hydrogen-bond acceptors (Lipinski definition) is 4. The Morgan fingerprint density at radius 1 is 1.36 bits per heavy atom. The Kier molecular flexibility index (Phi) is 10.3. The minimum absolute atomic E-state index is 0. The summed E-state index contributed by atoms with van der Waals surface area (Å²) >= 11 is 2.05. The van der Waals surface area contributed by atoms with Crippen molar-refractivity contribution in [3.05, 3.63) is 35.4 Å². The number of hydrogen-bond donors (Lipinski definition) is 1. The van der Waals surface area contributed by atoms with Crippen LogP contribution in [0.4, 0.5) is 0 Å². The number of aliphatic imine (C=N–C) groups is 1. The van der Waals surface area contributed by atoms with Crippen molar-refractivity contribution in [1.82, 2.24) is 10.2 Å². The first-order valence-corrected chi connectivity index (χ1v) is 9.56. The van der Waals surface area contributed by atoms with Gasteiger partial charge in [0.1, 0.15) is 0 Å². The molecule has 1 atom stereocenters. The number of carbonyl (C=O) groups is 1. The Balaban J connectivity index is 0.00000312. The zero-order valence-corrected chi connectivity index (χ0v) is 18.3. The second-order valence-electron chi connectivity index (χ2n) is 5.67. The number of guanidine groups is 1. The zero-order chi connectivity index (χ0) is 17.4. The van der Waals surface area contributed by atoms with Gasteiger partial charge in [0.25, 0.3) is 0 Å². The minimum Gasteiger partial charge on any atom is -0.462 e. The van der Waals surface area contributed by atoms with Crippen LogP contribution < -0.4 is 5.32 Å². The monoisotopic (exact) mass is 477 g/mol. The number of nitrogens with zero attached hydrogens (tertiary/aromatic N) is 2. The highest BCUT2D eigenvalue weighted by Gasteiger charge is 2.21. The van der Waals surface area contributed by atoms with Crippen LogP contribution in [0.5, 0.6) is 0 Å². The Morgan fingerprint density at radius 3 is 2.68 bits per heavy atom. The average molecular weight is 477 g/mol. The molecular weight excluding hydrogens is 449 g/mol. The van der Waals surface area contributed by atoms with Crippen LogP contribution >= 0.6 is 35.7 Å². The lowest BCUT2D eigenvalue weighted by Crippen LogP contribution is -2.47. The molecule has 25 heavy (non-hydrogen) atoms. The van der Waals surface area contributed by atoms with Crippen LogP contribution in [-0.4, -0.2) is 54.6 Å². The Hall–Kier alpha value is -0.960. The van der Waals surface area contributed by atoms with Crippen LogP contribution in [0.3, 0.4) is 0 Å². The van der Waals surface area contributed by atoms with Crippen LogP contribution in [0.1, 0.15) is 36.2 Å². The van der Waals surface area contributed by atoms with E-state index >= 15 is 0 Å². The first-order valence-electron chi connectivity index (χ1n) is 8.51. The van der Waals surface area contributed by atoms with Crippen molar-refractivity contribution in [3.63, 3.8) is 0 Å². The molecule has 0 bridgehead atoms. The topological polar surface area (TPSA) is 53.9 Å². The molecule has 1 fully saturated rings. The number of halogens is 1. The highest BCUT2D eigenvalue weighted by molar-refractivity contribution is 14.0. The number of esters is 1. The predicted octanol–water partition coefficient (Wildman–Crippen LogP) is 3.38. The Labute approximate surface area is 172 Å². The summed E-state index contributed by atoms with van der Waals surface area (Å²) in [6.07, 6.45) is 1.19. The third kappa shape index (κ3) is 6.69. The second-order valence-corrected chi connectivity index (χ2v) is 7.07. The molecule has 0 saturated carbocycles. The van der Waals surface area contributed by atoms with E-state index in [-0.39, 0.29) is 29.9 Å². The van der Waals surface area contributed by atoms with Gasteiger partial charge < -0.3 is 15.0 Å². The summed E-state index contributed by atoms with van der Waals surface area (Å²) in [5.74, 6) is 1.82. The Morgan fingerprint density at radius 2 is 2.08 bits per heavy atom. The van der Waals surface area contributed by atoms with Gasteiger partial charge in [-0.3, -0.25) is 4.99 Å². The van der Waals surface area contributed by atoms with Crippen molar-refractivity contribution in [2.24, 2.45) is 4.99 Å². The molecule has 1 aliphatic heterocycles. The predicted molar refractivity (Wildman–Crippen MR) is 116 cm³/mol. The van der Waals surface area contributed by atoms with Gasteiger partial charge in [0.05, 0.1) is 12.2 Å². The molecule has 0 aromatic heterocycles. The Bertz CT molecular complexity index is 566. The van der Waals surface area contributed by atoms with Crippen molar-refractivity contribution in [3.8, 4) is 0 Å². The number of ether oxygens (including phenoxy) is 1. The van der Waals surface area contributed by atoms with E-state index in [0.29, 0.717) is 24.0 Å². The first kappa shape index (κ1) is 22.1. The van der Waals surface area contributed by atoms with Crippen LogP contribution in [0.15, 0.2) is 29.3 Å². The van der Waals surface area contributed by atoms with Gasteiger partial charge in [0.15, 0.2) is 5.96 Å². The fraction of sp³-hybridized carbons (Fsp3) is 0.556. The molecule has 0 radical (unpaired) electrons. The van der Waals surface area contributed by atoms with E-state index in [1.54, 1.807) is 0 Å². The lowest BCUT2D eigenvalue weighted by atomic mass is 10.1. The standard InChI is InChI=1S/C18H27N3O2S.HI/c1-4-16-13-21(10-11-24-16)18(19-3)20-12-14-6-8-15(9-7-14)17(22)23-5-2;/h6-9,16H,4-5,10-13H2,1-3H3,(H,19,20);1H. The number of thioether (sulfide) groups is 1. The molecule has 1 heterocycles. The summed E-state index contributed by atoms with van der Waals surface area (Å²) in [5.41, 5.74) is 1.70. The van der Waals surface area contributed by atoms with E-state index in [4.69, 9.17) is 4.74 Å². The first-order chi connectivity index (χ1) is 11.7. The smallest absolute Gasteiger partial charge is 0.338 e. The molecule has 1 saturated heterocycles. The van der Waals surface area contributed by atoms with E-state index in [1.165, 1.54) is 6.42 Å². The maximum Gasteiger partial charge on any atom is 0.338 e. The molecule has 1 aromatic carbocycles. The maximum atomic E-state index is 11.7. The number of rotatable bonds is 5. The van der Waals surface area contributed by atoms with Crippen LogP contribution in [0.25, 0.3) is 0 Å². The highest BCUT2D eigenvalue weighted by atomic mass is 127. The summed E-state index contributed by atoms with van der Waals surface area (Å²) in [6.45, 7) is 7.21. The van der Waals surface area contributed by atoms with Crippen molar-refractivity contribution in [1.29, 1.82) is 0 Å². The molecule has 0 spiro atoms. The molecule has 1 aromatic rings. The number of carbonyl (C=O) groups excluding carboxylic acids is 1. The van der Waals surface area contributed by atoms with Crippen molar-refractivity contribution >= 4 is 47.7 Å². The molecule has 1 unspecified atom stereocenters. The summed E-state index contributed by atoms with van der Waals surface area (Å²) < 4.78 is 5.00. The van der Waals surface area contributed by atoms with E-state index < -0.39 is 0 Å². The van der Waals surface area contributed by atoms with E-state index in [1.807, 2.05) is 50.0 Å². The molecule has 7 heteroatoms. The van der Waals surface area contributed by atoms with Crippen molar-refractivity contribution in [2.75, 3.05) is 32.5 Å². The summed E-state index contributed by atoms with van der Waals surface area (Å²) in [4.78, 5) is 18.4. The number of benzene rings is 1. The van der Waals surface area contributed by atoms with Crippen LogP contribution in [-0.2, 0) is 11.3 Å². The second kappa shape index (κ2) is 11.6. The van der Waals surface area contributed by atoms with Crippen molar-refractivity contribution in [2.45, 2.75) is 32.1 Å². The molecule has 2 rings (SSSR count). The zero-order valence-electron chi connectivity index (χ0n) is 15.2. The van der Waals surface area contributed by atoms with E-state index in [0.717, 1.165) is 30.4 Å². The van der Waals surface area contributed by atoms with Gasteiger partial charge in [-0.15, -0.1) is 24.0 Å². The SMILES string of the molecule is CCOC(=O)c1ccc(CNC(=NC)N2CCSC(CC)C2)cc1.I. The van der Waals surface area contributed by atoms with Crippen molar-refractivity contribution < 1.29 is 9.53 Å². The average Bonchev–Trinajstić information content (AvgIpc) is 2.63. The number of nitrogens with one attached hydrogen (secondary N) is 1. The molecule has 0 amide bonds. The summed E-state index contributed by atoms with van der Waals surface area (Å²) in [5, 5.41) is 4.11. The normalized spacial score (nSPS) is 17.6. The van der Waals surface area contributed by atoms with Gasteiger partial charge in [0.2, 0.25) is 0 Å². The minimum atomic E-state index is -0.274. The van der Waals surface area contributed by atoms with Gasteiger partial charge in [0, 0.05) is 37.7 Å². The largest absolute Gasteiger partial charge is 0.462 e. The maximum absolute atomic E-state index is 11.7. The van der Waals surface area contributed by atoms with Gasteiger partial charge >= 0.3 is 5.97 Å². The fourth-order valence-electron chi connectivity index (χ4n) is 2.65. The molecule has 1 aliphatic rings. The third-order valence-electron chi connectivity index (χ3n) is 4.02. The lowest BCUT2D eigenvalue weighted by Gasteiger charge is -2.34. The summed E-state index contributed by atoms with van der Waals surface area (Å²) in [7, 11) is 1.83. The summed E-state index contributed by atoms with van der Waals surface area (Å²) in [6, 6.07) is 7.52. The van der Waals surface area contributed by atoms with Crippen LogP contribution in [0.2, 0.25) is 0 Å².